The molecule has 3 rings (SSSR count). The van der Waals surface area contributed by atoms with Crippen molar-refractivity contribution in [2.75, 3.05) is 46.6 Å². The summed E-state index contributed by atoms with van der Waals surface area (Å²) in [5.74, 6) is 1.64. The smallest absolute Gasteiger partial charge is 0.137 e. The predicted octanol–water partition coefficient (Wildman–Crippen LogP) is 4.05. The minimum Gasteiger partial charge on any atom is -0.497 e. The van der Waals surface area contributed by atoms with Gasteiger partial charge in [0, 0.05) is 32.7 Å². The Bertz CT molecular complexity index is 779. The van der Waals surface area contributed by atoms with Crippen LogP contribution in [0.1, 0.15) is 23.1 Å². The maximum absolute atomic E-state index is 6.42. The molecular formula is C23H31ClN2O3. The second-order valence-electron chi connectivity index (χ2n) is 7.32. The Morgan fingerprint density at radius 2 is 1.93 bits per heavy atom. The van der Waals surface area contributed by atoms with Gasteiger partial charge in [0.15, 0.2) is 0 Å². The SMILES string of the molecule is COc1ccc(CNCc2ccc(OCCCN3CCOCC3)c(Cl)c2)c(C)c1. The zero-order valence-corrected chi connectivity index (χ0v) is 18.1. The van der Waals surface area contributed by atoms with Gasteiger partial charge in [-0.3, -0.25) is 4.90 Å². The molecule has 0 radical (unpaired) electrons. The van der Waals surface area contributed by atoms with Gasteiger partial charge in [-0.25, -0.2) is 0 Å². The largest absolute Gasteiger partial charge is 0.497 e. The van der Waals surface area contributed by atoms with E-state index in [1.54, 1.807) is 7.11 Å². The van der Waals surface area contributed by atoms with Gasteiger partial charge in [0.25, 0.3) is 0 Å². The topological polar surface area (TPSA) is 43.0 Å². The van der Waals surface area contributed by atoms with Gasteiger partial charge in [-0.15, -0.1) is 0 Å². The summed E-state index contributed by atoms with van der Waals surface area (Å²) in [5.41, 5.74) is 3.62. The van der Waals surface area contributed by atoms with Gasteiger partial charge in [-0.05, 0) is 54.3 Å². The summed E-state index contributed by atoms with van der Waals surface area (Å²) < 4.78 is 16.5. The molecule has 1 saturated heterocycles. The van der Waals surface area contributed by atoms with Crippen molar-refractivity contribution in [2.24, 2.45) is 0 Å². The molecule has 29 heavy (non-hydrogen) atoms. The van der Waals surface area contributed by atoms with Crippen LogP contribution in [0.5, 0.6) is 11.5 Å². The maximum atomic E-state index is 6.42. The van der Waals surface area contributed by atoms with E-state index in [2.05, 4.69) is 35.3 Å². The van der Waals surface area contributed by atoms with Gasteiger partial charge in [0.1, 0.15) is 11.5 Å². The van der Waals surface area contributed by atoms with Crippen molar-refractivity contribution in [2.45, 2.75) is 26.4 Å². The zero-order valence-electron chi connectivity index (χ0n) is 17.4. The first-order valence-corrected chi connectivity index (χ1v) is 10.6. The average Bonchev–Trinajstić information content (AvgIpc) is 2.74. The molecule has 2 aromatic carbocycles. The van der Waals surface area contributed by atoms with Crippen LogP contribution in [0, 0.1) is 6.92 Å². The quantitative estimate of drug-likeness (QED) is 0.589. The Morgan fingerprint density at radius 1 is 1.10 bits per heavy atom. The molecule has 0 aliphatic carbocycles. The van der Waals surface area contributed by atoms with Crippen LogP contribution in [0.4, 0.5) is 0 Å². The van der Waals surface area contributed by atoms with Crippen LogP contribution in [0.2, 0.25) is 5.02 Å². The molecule has 1 N–H and O–H groups in total. The molecule has 1 fully saturated rings. The van der Waals surface area contributed by atoms with E-state index in [-0.39, 0.29) is 0 Å². The molecule has 1 aliphatic rings. The molecule has 0 amide bonds. The van der Waals surface area contributed by atoms with Gasteiger partial charge in [-0.1, -0.05) is 23.7 Å². The van der Waals surface area contributed by atoms with Crippen molar-refractivity contribution >= 4 is 11.6 Å². The highest BCUT2D eigenvalue weighted by atomic mass is 35.5. The molecule has 2 aromatic rings. The fraction of sp³-hybridized carbons (Fsp3) is 0.478. The third-order valence-electron chi connectivity index (χ3n) is 5.17. The Morgan fingerprint density at radius 3 is 2.66 bits per heavy atom. The number of hydrogen-bond acceptors (Lipinski definition) is 5. The summed E-state index contributed by atoms with van der Waals surface area (Å²) in [6.45, 7) is 9.05. The van der Waals surface area contributed by atoms with Crippen LogP contribution in [-0.2, 0) is 17.8 Å². The standard InChI is InChI=1S/C23H31ClN2O3/c1-18-14-21(27-2)6-5-20(18)17-25-16-19-4-7-23(22(24)15-19)29-11-3-8-26-9-12-28-13-10-26/h4-7,14-15,25H,3,8-13,16-17H2,1-2H3. The van der Waals surface area contributed by atoms with E-state index >= 15 is 0 Å². The lowest BCUT2D eigenvalue weighted by molar-refractivity contribution is 0.0358. The van der Waals surface area contributed by atoms with Gasteiger partial charge in [-0.2, -0.15) is 0 Å². The highest BCUT2D eigenvalue weighted by molar-refractivity contribution is 6.32. The Hall–Kier alpha value is -1.79. The number of nitrogens with zero attached hydrogens (tertiary/aromatic N) is 1. The summed E-state index contributed by atoms with van der Waals surface area (Å²) in [7, 11) is 1.69. The molecule has 158 valence electrons. The number of benzene rings is 2. The number of rotatable bonds is 10. The molecule has 0 bridgehead atoms. The lowest BCUT2D eigenvalue weighted by Gasteiger charge is -2.26. The number of hydrogen-bond donors (Lipinski definition) is 1. The Kier molecular flexibility index (Phi) is 8.62. The summed E-state index contributed by atoms with van der Waals surface area (Å²) in [5, 5.41) is 4.14. The molecule has 0 aromatic heterocycles. The first-order chi connectivity index (χ1) is 14.2. The summed E-state index contributed by atoms with van der Waals surface area (Å²) >= 11 is 6.42. The monoisotopic (exact) mass is 418 g/mol. The Balaban J connectivity index is 1.40. The third-order valence-corrected chi connectivity index (χ3v) is 5.47. The number of morpholine rings is 1. The molecule has 0 atom stereocenters. The van der Waals surface area contributed by atoms with Gasteiger partial charge >= 0.3 is 0 Å². The second kappa shape index (κ2) is 11.4. The van der Waals surface area contributed by atoms with E-state index in [0.29, 0.717) is 11.6 Å². The average molecular weight is 419 g/mol. The molecular weight excluding hydrogens is 388 g/mol. The third kappa shape index (κ3) is 6.89. The fourth-order valence-electron chi connectivity index (χ4n) is 3.40. The molecule has 1 heterocycles. The number of methoxy groups -OCH3 is 1. The highest BCUT2D eigenvalue weighted by Crippen LogP contribution is 2.26. The van der Waals surface area contributed by atoms with Crippen molar-refractivity contribution in [3.63, 3.8) is 0 Å². The summed E-state index contributed by atoms with van der Waals surface area (Å²) in [4.78, 5) is 2.41. The fourth-order valence-corrected chi connectivity index (χ4v) is 3.66. The van der Waals surface area contributed by atoms with Crippen LogP contribution in [0.15, 0.2) is 36.4 Å². The highest BCUT2D eigenvalue weighted by Gasteiger charge is 2.10. The predicted molar refractivity (Wildman–Crippen MR) is 117 cm³/mol. The first-order valence-electron chi connectivity index (χ1n) is 10.2. The van der Waals surface area contributed by atoms with Crippen LogP contribution in [-0.4, -0.2) is 51.5 Å². The molecule has 0 saturated carbocycles. The van der Waals surface area contributed by atoms with Crippen LogP contribution < -0.4 is 14.8 Å². The normalized spacial score (nSPS) is 14.7. The van der Waals surface area contributed by atoms with E-state index in [1.165, 1.54) is 11.1 Å². The van der Waals surface area contributed by atoms with E-state index in [4.69, 9.17) is 25.8 Å². The lowest BCUT2D eigenvalue weighted by Crippen LogP contribution is -2.37. The molecule has 6 heteroatoms. The first kappa shape index (κ1) is 21.9. The number of aryl methyl sites for hydroxylation is 1. The molecule has 1 aliphatic heterocycles. The molecule has 5 nitrogen and oxygen atoms in total. The maximum Gasteiger partial charge on any atom is 0.137 e. The van der Waals surface area contributed by atoms with Gasteiger partial charge in [0.05, 0.1) is 32.0 Å². The number of halogens is 1. The van der Waals surface area contributed by atoms with Crippen molar-refractivity contribution in [1.82, 2.24) is 10.2 Å². The van der Waals surface area contributed by atoms with Gasteiger partial charge in [0.2, 0.25) is 0 Å². The minimum absolute atomic E-state index is 0.663. The number of nitrogens with one attached hydrogen (secondary N) is 1. The Labute approximate surface area is 178 Å². The van der Waals surface area contributed by atoms with Crippen molar-refractivity contribution in [3.8, 4) is 11.5 Å². The van der Waals surface area contributed by atoms with E-state index in [0.717, 1.165) is 69.4 Å². The van der Waals surface area contributed by atoms with Crippen molar-refractivity contribution in [1.29, 1.82) is 0 Å². The molecule has 0 unspecified atom stereocenters. The number of ether oxygens (including phenoxy) is 3. The van der Waals surface area contributed by atoms with Crippen LogP contribution in [0.25, 0.3) is 0 Å². The van der Waals surface area contributed by atoms with E-state index in [1.807, 2.05) is 18.2 Å². The van der Waals surface area contributed by atoms with E-state index < -0.39 is 0 Å². The minimum atomic E-state index is 0.663. The van der Waals surface area contributed by atoms with Crippen molar-refractivity contribution < 1.29 is 14.2 Å². The molecule has 0 spiro atoms. The van der Waals surface area contributed by atoms with Gasteiger partial charge < -0.3 is 19.5 Å². The summed E-state index contributed by atoms with van der Waals surface area (Å²) in [6.07, 6.45) is 0.987. The van der Waals surface area contributed by atoms with Crippen LogP contribution >= 0.6 is 11.6 Å². The van der Waals surface area contributed by atoms with E-state index in [9.17, 15) is 0 Å². The summed E-state index contributed by atoms with van der Waals surface area (Å²) in [6, 6.07) is 12.2. The second-order valence-corrected chi connectivity index (χ2v) is 7.72. The van der Waals surface area contributed by atoms with Crippen LogP contribution in [0.3, 0.4) is 0 Å². The lowest BCUT2D eigenvalue weighted by atomic mass is 10.1. The van der Waals surface area contributed by atoms with Crippen molar-refractivity contribution in [3.05, 3.63) is 58.1 Å². The zero-order chi connectivity index (χ0) is 20.5.